The van der Waals surface area contributed by atoms with E-state index in [1.54, 1.807) is 23.5 Å². The number of rotatable bonds is 26. The Labute approximate surface area is 295 Å². The smallest absolute Gasteiger partial charge is 0.305 e. The number of nitrogens with zero attached hydrogens (tertiary/aromatic N) is 1. The van der Waals surface area contributed by atoms with Crippen LogP contribution in [0.2, 0.25) is 0 Å². The predicted molar refractivity (Wildman–Crippen MR) is 192 cm³/mol. The standard InChI is InChI=1S/C31H56NO4S.C7H8O3S/c1-2-3-4-5-6-7-8-9-10-11-12-13-14-18-22-34-25-29-24-30(35-26-29)27-36-31(33)19-16-15-17-20-32-21-23-37-28-32;1-6-2-4-7(5-3-6)11(8,9)10/h21,23,28-30H,2-20,22,24-27H2,1H3;2-5H,1H3,(H,8,9,10)/q+1;/p-1/t29-,30-;/m1./s1. The average molecular weight is 710 g/mol. The summed E-state index contributed by atoms with van der Waals surface area (Å²) in [5.41, 5.74) is 3.05. The summed E-state index contributed by atoms with van der Waals surface area (Å²) < 4.78 is 50.5. The lowest BCUT2D eigenvalue weighted by atomic mass is 10.0. The van der Waals surface area contributed by atoms with Crippen LogP contribution in [0.25, 0.3) is 0 Å². The quantitative estimate of drug-likeness (QED) is 0.0416. The van der Waals surface area contributed by atoms with Gasteiger partial charge in [-0.15, -0.1) is 0 Å². The Morgan fingerprint density at radius 1 is 0.875 bits per heavy atom. The maximum Gasteiger partial charge on any atom is 0.305 e. The predicted octanol–water partition coefficient (Wildman–Crippen LogP) is 8.94. The number of carbonyl (C=O) groups is 1. The van der Waals surface area contributed by atoms with Crippen LogP contribution >= 0.6 is 11.3 Å². The van der Waals surface area contributed by atoms with Crippen LogP contribution < -0.4 is 4.57 Å². The van der Waals surface area contributed by atoms with E-state index in [0.29, 0.717) is 18.9 Å². The van der Waals surface area contributed by atoms with Crippen LogP contribution in [0.5, 0.6) is 0 Å². The number of unbranched alkanes of at least 4 members (excludes halogenated alkanes) is 15. The number of ether oxygens (including phenoxy) is 3. The van der Waals surface area contributed by atoms with E-state index in [4.69, 9.17) is 14.2 Å². The van der Waals surface area contributed by atoms with E-state index in [0.717, 1.165) is 57.6 Å². The van der Waals surface area contributed by atoms with Crippen molar-refractivity contribution in [2.45, 2.75) is 153 Å². The van der Waals surface area contributed by atoms with E-state index < -0.39 is 10.1 Å². The minimum atomic E-state index is -4.27. The van der Waals surface area contributed by atoms with Crippen molar-refractivity contribution in [1.29, 1.82) is 0 Å². The first-order valence-electron chi connectivity index (χ1n) is 18.6. The Hall–Kier alpha value is -1.85. The number of aryl methyl sites for hydroxylation is 2. The summed E-state index contributed by atoms with van der Waals surface area (Å²) in [5.74, 6) is 0.342. The van der Waals surface area contributed by atoms with Gasteiger partial charge in [0.1, 0.15) is 23.3 Å². The molecule has 2 aromatic rings. The van der Waals surface area contributed by atoms with Gasteiger partial charge in [0, 0.05) is 25.4 Å². The SMILES string of the molecule is CCCCCCCCCCCCCCCCOC[C@@H]1CO[C@@H](COC(=O)CCCCC[n+]2ccsc2)C1.Cc1ccc(S(=O)(=O)[O-])cc1. The lowest BCUT2D eigenvalue weighted by Gasteiger charge is -2.11. The van der Waals surface area contributed by atoms with Crippen LogP contribution in [0.4, 0.5) is 0 Å². The van der Waals surface area contributed by atoms with E-state index in [9.17, 15) is 17.8 Å². The summed E-state index contributed by atoms with van der Waals surface area (Å²) in [6.07, 6.45) is 26.0. The minimum absolute atomic E-state index is 0.0357. The molecule has 1 fully saturated rings. The van der Waals surface area contributed by atoms with Crippen molar-refractivity contribution in [1.82, 2.24) is 0 Å². The van der Waals surface area contributed by atoms with Gasteiger partial charge < -0.3 is 18.8 Å². The summed E-state index contributed by atoms with van der Waals surface area (Å²) in [6, 6.07) is 5.78. The Morgan fingerprint density at radius 3 is 2.06 bits per heavy atom. The van der Waals surface area contributed by atoms with E-state index in [-0.39, 0.29) is 17.0 Å². The monoisotopic (exact) mass is 709 g/mol. The van der Waals surface area contributed by atoms with Gasteiger partial charge in [-0.1, -0.05) is 119 Å². The zero-order chi connectivity index (χ0) is 34.7. The number of hydrogen-bond donors (Lipinski definition) is 0. The molecule has 10 heteroatoms. The van der Waals surface area contributed by atoms with Crippen molar-refractivity contribution in [3.63, 3.8) is 0 Å². The fourth-order valence-electron chi connectivity index (χ4n) is 5.75. The summed E-state index contributed by atoms with van der Waals surface area (Å²) >= 11 is 1.71. The first-order valence-corrected chi connectivity index (χ1v) is 20.9. The number of hydrogen-bond acceptors (Lipinski definition) is 8. The van der Waals surface area contributed by atoms with Crippen molar-refractivity contribution in [3.8, 4) is 0 Å². The molecule has 1 saturated heterocycles. The zero-order valence-electron chi connectivity index (χ0n) is 29.8. The summed E-state index contributed by atoms with van der Waals surface area (Å²) in [6.45, 7) is 7.87. The molecule has 1 aromatic heterocycles. The van der Waals surface area contributed by atoms with Gasteiger partial charge in [-0.2, -0.15) is 4.57 Å². The Morgan fingerprint density at radius 2 is 1.48 bits per heavy atom. The topological polar surface area (TPSA) is 106 Å². The summed E-state index contributed by atoms with van der Waals surface area (Å²) in [4.78, 5) is 11.8. The highest BCUT2D eigenvalue weighted by atomic mass is 32.2. The van der Waals surface area contributed by atoms with Gasteiger partial charge in [0.15, 0.2) is 6.20 Å². The fraction of sp³-hybridized carbons (Fsp3) is 0.737. The summed E-state index contributed by atoms with van der Waals surface area (Å²) in [7, 11) is -4.27. The van der Waals surface area contributed by atoms with Gasteiger partial charge in [-0.05, 0) is 44.7 Å². The highest BCUT2D eigenvalue weighted by Gasteiger charge is 2.26. The molecule has 8 nitrogen and oxygen atoms in total. The number of esters is 1. The van der Waals surface area contributed by atoms with Gasteiger partial charge in [0.05, 0.1) is 29.6 Å². The molecule has 0 unspecified atom stereocenters. The van der Waals surface area contributed by atoms with Crippen molar-refractivity contribution in [3.05, 3.63) is 46.9 Å². The van der Waals surface area contributed by atoms with Crippen molar-refractivity contribution >= 4 is 27.4 Å². The van der Waals surface area contributed by atoms with Crippen LogP contribution in [0.15, 0.2) is 46.2 Å². The molecule has 0 saturated carbocycles. The molecule has 1 aromatic carbocycles. The maximum absolute atomic E-state index is 12.0. The van der Waals surface area contributed by atoms with Crippen LogP contribution in [-0.4, -0.2) is 51.5 Å². The highest BCUT2D eigenvalue weighted by Crippen LogP contribution is 2.21. The van der Waals surface area contributed by atoms with Crippen LogP contribution in [-0.2, 0) is 35.7 Å². The second-order valence-electron chi connectivity index (χ2n) is 13.3. The zero-order valence-corrected chi connectivity index (χ0v) is 31.4. The van der Waals surface area contributed by atoms with Gasteiger partial charge in [0.25, 0.3) is 0 Å². The molecule has 0 spiro atoms. The highest BCUT2D eigenvalue weighted by molar-refractivity contribution is 7.85. The van der Waals surface area contributed by atoms with Crippen molar-refractivity contribution in [2.24, 2.45) is 5.92 Å². The Bertz CT molecular complexity index is 1160. The molecule has 0 bridgehead atoms. The number of aromatic nitrogens is 1. The molecule has 0 aliphatic carbocycles. The maximum atomic E-state index is 12.0. The molecule has 1 aliphatic heterocycles. The third-order valence-corrected chi connectivity index (χ3v) is 10.2. The van der Waals surface area contributed by atoms with E-state index in [1.165, 1.54) is 102 Å². The lowest BCUT2D eigenvalue weighted by Crippen LogP contribution is -2.29. The molecule has 1 aliphatic rings. The average Bonchev–Trinajstić information content (AvgIpc) is 3.76. The molecular formula is C38H63NO7S2. The molecule has 3 rings (SSSR count). The second kappa shape index (κ2) is 26.9. The lowest BCUT2D eigenvalue weighted by molar-refractivity contribution is -0.692. The van der Waals surface area contributed by atoms with Crippen LogP contribution in [0.3, 0.4) is 0 Å². The molecule has 2 atom stereocenters. The molecule has 274 valence electrons. The number of carbonyl (C=O) groups excluding carboxylic acids is 1. The minimum Gasteiger partial charge on any atom is -0.744 e. The molecule has 2 heterocycles. The van der Waals surface area contributed by atoms with Crippen LogP contribution in [0, 0.1) is 12.8 Å². The van der Waals surface area contributed by atoms with Crippen molar-refractivity contribution < 1.29 is 36.5 Å². The first kappa shape index (κ1) is 42.3. The van der Waals surface area contributed by atoms with Gasteiger partial charge in [-0.25, -0.2) is 8.42 Å². The first-order chi connectivity index (χ1) is 23.3. The molecule has 0 N–H and O–H groups in total. The number of benzene rings is 1. The fourth-order valence-corrected chi connectivity index (χ4v) is 6.85. The largest absolute Gasteiger partial charge is 0.744 e. The third kappa shape index (κ3) is 22.0. The third-order valence-electron chi connectivity index (χ3n) is 8.72. The van der Waals surface area contributed by atoms with E-state index >= 15 is 0 Å². The molecule has 0 radical (unpaired) electrons. The van der Waals surface area contributed by atoms with Crippen LogP contribution in [0.1, 0.15) is 134 Å². The van der Waals surface area contributed by atoms with E-state index in [2.05, 4.69) is 28.6 Å². The van der Waals surface area contributed by atoms with Gasteiger partial charge in [-0.3, -0.25) is 4.79 Å². The van der Waals surface area contributed by atoms with E-state index in [1.807, 2.05) is 6.92 Å². The van der Waals surface area contributed by atoms with Crippen molar-refractivity contribution in [2.75, 3.05) is 26.4 Å². The summed E-state index contributed by atoms with van der Waals surface area (Å²) in [5, 5.41) is 2.08. The molecule has 0 amide bonds. The normalized spacial score (nSPS) is 16.1. The Kier molecular flexibility index (Phi) is 23.8. The molecule has 48 heavy (non-hydrogen) atoms. The Balaban J connectivity index is 0.000000613. The molecular weight excluding hydrogens is 647 g/mol. The van der Waals surface area contributed by atoms with Gasteiger partial charge >= 0.3 is 5.97 Å². The van der Waals surface area contributed by atoms with Gasteiger partial charge in [0.2, 0.25) is 5.51 Å². The second-order valence-corrected chi connectivity index (χ2v) is 15.4. The number of thiazole rings is 1.